The Morgan fingerprint density at radius 1 is 1.44 bits per heavy atom. The Balaban J connectivity index is 2.61. The molecule has 16 heavy (non-hydrogen) atoms. The lowest BCUT2D eigenvalue weighted by molar-refractivity contribution is -0.141. The van der Waals surface area contributed by atoms with Crippen LogP contribution in [0.5, 0.6) is 0 Å². The normalized spacial score (nSPS) is 14.2. The van der Waals surface area contributed by atoms with Crippen LogP contribution >= 0.6 is 11.6 Å². The lowest BCUT2D eigenvalue weighted by Gasteiger charge is -2.16. The Labute approximate surface area is 97.4 Å². The van der Waals surface area contributed by atoms with Crippen molar-refractivity contribution in [2.24, 2.45) is 5.92 Å². The Bertz CT molecular complexity index is 401. The van der Waals surface area contributed by atoms with Gasteiger partial charge in [0, 0.05) is 6.04 Å². The molecule has 1 aromatic heterocycles. The fourth-order valence-corrected chi connectivity index (χ4v) is 1.20. The van der Waals surface area contributed by atoms with Crippen LogP contribution in [-0.2, 0) is 4.79 Å². The molecule has 0 aromatic carbocycles. The van der Waals surface area contributed by atoms with Crippen molar-refractivity contribution < 1.29 is 19.1 Å². The summed E-state index contributed by atoms with van der Waals surface area (Å²) in [5.41, 5.74) is 0. The van der Waals surface area contributed by atoms with Crippen molar-refractivity contribution in [3.05, 3.63) is 23.1 Å². The summed E-state index contributed by atoms with van der Waals surface area (Å²) >= 11 is 5.51. The Morgan fingerprint density at radius 3 is 2.50 bits per heavy atom. The van der Waals surface area contributed by atoms with Crippen LogP contribution in [0.25, 0.3) is 0 Å². The molecule has 0 spiro atoms. The summed E-state index contributed by atoms with van der Waals surface area (Å²) in [5.74, 6) is -2.05. The molecule has 0 saturated carbocycles. The highest BCUT2D eigenvalue weighted by molar-refractivity contribution is 6.29. The highest BCUT2D eigenvalue weighted by Crippen LogP contribution is 2.13. The Morgan fingerprint density at radius 2 is 2.06 bits per heavy atom. The summed E-state index contributed by atoms with van der Waals surface area (Å²) in [6, 6.07) is 2.38. The summed E-state index contributed by atoms with van der Waals surface area (Å²) in [7, 11) is 0. The molecule has 88 valence electrons. The molecule has 1 heterocycles. The first-order chi connectivity index (χ1) is 7.41. The first kappa shape index (κ1) is 12.6. The van der Waals surface area contributed by atoms with E-state index < -0.39 is 23.8 Å². The average molecular weight is 246 g/mol. The number of carboxylic acids is 1. The van der Waals surface area contributed by atoms with Crippen molar-refractivity contribution in [1.29, 1.82) is 0 Å². The topological polar surface area (TPSA) is 79.5 Å². The SMILES string of the molecule is CC(NC(=O)c1ccc(Cl)o1)C(C)C(=O)O. The lowest BCUT2D eigenvalue weighted by Crippen LogP contribution is -2.39. The smallest absolute Gasteiger partial charge is 0.308 e. The number of carbonyl (C=O) groups excluding carboxylic acids is 1. The van der Waals surface area contributed by atoms with Gasteiger partial charge in [-0.05, 0) is 37.6 Å². The highest BCUT2D eigenvalue weighted by atomic mass is 35.5. The molecule has 2 N–H and O–H groups in total. The van der Waals surface area contributed by atoms with Gasteiger partial charge in [-0.3, -0.25) is 9.59 Å². The fraction of sp³-hybridized carbons (Fsp3) is 0.400. The van der Waals surface area contributed by atoms with Gasteiger partial charge in [0.1, 0.15) is 0 Å². The van der Waals surface area contributed by atoms with Gasteiger partial charge in [0.05, 0.1) is 5.92 Å². The summed E-state index contributed by atoms with van der Waals surface area (Å²) in [5, 5.41) is 11.4. The third kappa shape index (κ3) is 3.00. The summed E-state index contributed by atoms with van der Waals surface area (Å²) in [6.07, 6.45) is 0. The van der Waals surface area contributed by atoms with Gasteiger partial charge in [-0.15, -0.1) is 0 Å². The summed E-state index contributed by atoms with van der Waals surface area (Å²) in [4.78, 5) is 22.2. The van der Waals surface area contributed by atoms with Crippen molar-refractivity contribution in [3.63, 3.8) is 0 Å². The van der Waals surface area contributed by atoms with Gasteiger partial charge in [-0.25, -0.2) is 0 Å². The molecule has 0 bridgehead atoms. The quantitative estimate of drug-likeness (QED) is 0.847. The number of aliphatic carboxylic acids is 1. The largest absolute Gasteiger partial charge is 0.481 e. The van der Waals surface area contributed by atoms with Crippen LogP contribution in [0.2, 0.25) is 5.22 Å². The van der Waals surface area contributed by atoms with Gasteiger partial charge in [-0.1, -0.05) is 0 Å². The number of amides is 1. The zero-order valence-electron chi connectivity index (χ0n) is 8.86. The number of hydrogen-bond donors (Lipinski definition) is 2. The van der Waals surface area contributed by atoms with E-state index in [1.54, 1.807) is 6.92 Å². The number of carbonyl (C=O) groups is 2. The van der Waals surface area contributed by atoms with E-state index in [9.17, 15) is 9.59 Å². The Kier molecular flexibility index (Phi) is 3.95. The molecule has 2 atom stereocenters. The third-order valence-electron chi connectivity index (χ3n) is 2.30. The monoisotopic (exact) mass is 245 g/mol. The van der Waals surface area contributed by atoms with Crippen molar-refractivity contribution in [2.75, 3.05) is 0 Å². The van der Waals surface area contributed by atoms with Crippen molar-refractivity contribution in [1.82, 2.24) is 5.32 Å². The maximum absolute atomic E-state index is 11.5. The second kappa shape index (κ2) is 5.03. The molecular weight excluding hydrogens is 234 g/mol. The maximum Gasteiger partial charge on any atom is 0.308 e. The van der Waals surface area contributed by atoms with E-state index in [1.165, 1.54) is 19.1 Å². The molecule has 0 aliphatic heterocycles. The van der Waals surface area contributed by atoms with Crippen LogP contribution in [0.3, 0.4) is 0 Å². The average Bonchev–Trinajstić information content (AvgIpc) is 2.63. The van der Waals surface area contributed by atoms with E-state index in [4.69, 9.17) is 21.1 Å². The van der Waals surface area contributed by atoms with E-state index in [0.717, 1.165) is 0 Å². The van der Waals surface area contributed by atoms with Crippen LogP contribution in [0.4, 0.5) is 0 Å². The van der Waals surface area contributed by atoms with Gasteiger partial charge in [0.2, 0.25) is 0 Å². The standard InChI is InChI=1S/C10H12ClNO4/c1-5(10(14)15)6(2)12-9(13)7-3-4-8(11)16-7/h3-6H,1-2H3,(H,12,13)(H,14,15). The van der Waals surface area contributed by atoms with Crippen LogP contribution in [0, 0.1) is 5.92 Å². The summed E-state index contributed by atoms with van der Waals surface area (Å²) < 4.78 is 4.89. The number of halogens is 1. The van der Waals surface area contributed by atoms with Crippen molar-refractivity contribution in [3.8, 4) is 0 Å². The molecule has 2 unspecified atom stereocenters. The lowest BCUT2D eigenvalue weighted by atomic mass is 10.0. The van der Waals surface area contributed by atoms with E-state index in [1.807, 2.05) is 0 Å². The van der Waals surface area contributed by atoms with E-state index >= 15 is 0 Å². The van der Waals surface area contributed by atoms with Gasteiger partial charge in [0.15, 0.2) is 11.0 Å². The minimum Gasteiger partial charge on any atom is -0.481 e. The minimum absolute atomic E-state index is 0.0643. The highest BCUT2D eigenvalue weighted by Gasteiger charge is 2.22. The van der Waals surface area contributed by atoms with Gasteiger partial charge in [0.25, 0.3) is 5.91 Å². The second-order valence-corrected chi connectivity index (χ2v) is 3.87. The van der Waals surface area contributed by atoms with Gasteiger partial charge in [-0.2, -0.15) is 0 Å². The maximum atomic E-state index is 11.5. The molecule has 0 saturated heterocycles. The number of nitrogens with one attached hydrogen (secondary N) is 1. The molecule has 5 nitrogen and oxygen atoms in total. The van der Waals surface area contributed by atoms with E-state index in [0.29, 0.717) is 0 Å². The molecule has 0 aliphatic carbocycles. The predicted molar refractivity (Wildman–Crippen MR) is 57.4 cm³/mol. The number of hydrogen-bond acceptors (Lipinski definition) is 3. The van der Waals surface area contributed by atoms with Crippen LogP contribution in [0.1, 0.15) is 24.4 Å². The molecule has 6 heteroatoms. The number of carboxylic acid groups (broad SMARTS) is 1. The molecule has 0 radical (unpaired) electrons. The zero-order valence-corrected chi connectivity index (χ0v) is 9.62. The predicted octanol–water partition coefficient (Wildman–Crippen LogP) is 1.77. The van der Waals surface area contributed by atoms with Crippen LogP contribution in [0.15, 0.2) is 16.5 Å². The molecule has 1 aromatic rings. The Hall–Kier alpha value is -1.49. The molecule has 0 aliphatic rings. The number of rotatable bonds is 4. The van der Waals surface area contributed by atoms with E-state index in [-0.39, 0.29) is 11.0 Å². The molecule has 0 fully saturated rings. The second-order valence-electron chi connectivity index (χ2n) is 3.49. The first-order valence-corrected chi connectivity index (χ1v) is 5.08. The van der Waals surface area contributed by atoms with Crippen molar-refractivity contribution in [2.45, 2.75) is 19.9 Å². The number of furan rings is 1. The minimum atomic E-state index is -0.967. The van der Waals surface area contributed by atoms with E-state index in [2.05, 4.69) is 5.32 Å². The van der Waals surface area contributed by atoms with Crippen LogP contribution in [-0.4, -0.2) is 23.0 Å². The zero-order chi connectivity index (χ0) is 12.3. The van der Waals surface area contributed by atoms with Crippen LogP contribution < -0.4 is 5.32 Å². The molecule has 1 amide bonds. The van der Waals surface area contributed by atoms with Gasteiger partial charge < -0.3 is 14.8 Å². The first-order valence-electron chi connectivity index (χ1n) is 4.71. The molecule has 1 rings (SSSR count). The van der Waals surface area contributed by atoms with Crippen molar-refractivity contribution >= 4 is 23.5 Å². The third-order valence-corrected chi connectivity index (χ3v) is 2.50. The molecular formula is C10H12ClNO4. The van der Waals surface area contributed by atoms with Gasteiger partial charge >= 0.3 is 5.97 Å². The fourth-order valence-electron chi connectivity index (χ4n) is 1.05. The summed E-state index contributed by atoms with van der Waals surface area (Å²) in [6.45, 7) is 3.13.